The van der Waals surface area contributed by atoms with Gasteiger partial charge in [0.15, 0.2) is 0 Å². The van der Waals surface area contributed by atoms with Crippen LogP contribution in [-0.2, 0) is 11.2 Å². The number of hydrogen-bond donors (Lipinski definition) is 2. The molecule has 0 unspecified atom stereocenters. The Morgan fingerprint density at radius 1 is 0.348 bits per heavy atom. The zero-order chi connectivity index (χ0) is 31.5. The van der Waals surface area contributed by atoms with Crippen molar-refractivity contribution in [3.8, 4) is 0 Å². The van der Waals surface area contributed by atoms with E-state index in [9.17, 15) is 10.2 Å². The number of rotatable bonds is 6. The standard InChI is InChI=1S/C42H28Br2O2/c43-37-25-35(41(45,27-13-5-1-6-14-27)28-15-7-2-8-16-28)31-21-22-32-36(26-38(44)34-24-23-33(37)39(31)40(32)34)42(46,29-17-9-3-10-18-29)30-19-11-4-12-20-30/h1-26,45-46H. The average molecular weight is 724 g/mol. The Hall–Kier alpha value is -4.32. The molecule has 0 aliphatic heterocycles. The summed E-state index contributed by atoms with van der Waals surface area (Å²) in [5.41, 5.74) is 1.84. The Balaban J connectivity index is 1.52. The molecule has 0 saturated carbocycles. The SMILES string of the molecule is OC(c1ccccc1)(c1ccccc1)c1cc(Br)c2ccc3c(Br)cc(C(O)(c4ccccc4)c4ccccc4)c4ccc1c2c34. The molecule has 0 heterocycles. The van der Waals surface area contributed by atoms with Crippen LogP contribution in [0.15, 0.2) is 167 Å². The van der Waals surface area contributed by atoms with Gasteiger partial charge >= 0.3 is 0 Å². The van der Waals surface area contributed by atoms with Crippen molar-refractivity contribution < 1.29 is 10.2 Å². The van der Waals surface area contributed by atoms with Crippen molar-refractivity contribution in [1.29, 1.82) is 0 Å². The first-order valence-corrected chi connectivity index (χ1v) is 16.8. The van der Waals surface area contributed by atoms with Gasteiger partial charge in [-0.05, 0) is 66.7 Å². The van der Waals surface area contributed by atoms with Gasteiger partial charge in [0.1, 0.15) is 11.2 Å². The highest BCUT2D eigenvalue weighted by atomic mass is 79.9. The van der Waals surface area contributed by atoms with E-state index in [0.717, 1.165) is 74.6 Å². The minimum atomic E-state index is -1.43. The Labute approximate surface area is 284 Å². The summed E-state index contributed by atoms with van der Waals surface area (Å²) in [6.07, 6.45) is 0. The van der Waals surface area contributed by atoms with Crippen LogP contribution < -0.4 is 0 Å². The molecule has 0 atom stereocenters. The molecule has 0 radical (unpaired) electrons. The van der Waals surface area contributed by atoms with E-state index in [1.807, 2.05) is 121 Å². The summed E-state index contributed by atoms with van der Waals surface area (Å²) >= 11 is 7.82. The lowest BCUT2D eigenvalue weighted by Crippen LogP contribution is -2.30. The Kier molecular flexibility index (Phi) is 7.08. The molecule has 222 valence electrons. The molecule has 0 aliphatic rings. The summed E-state index contributed by atoms with van der Waals surface area (Å²) in [4.78, 5) is 0. The Morgan fingerprint density at radius 3 is 0.891 bits per heavy atom. The van der Waals surface area contributed by atoms with E-state index in [2.05, 4.69) is 68.3 Å². The number of benzene rings is 8. The third-order valence-corrected chi connectivity index (χ3v) is 10.7. The van der Waals surface area contributed by atoms with E-state index >= 15 is 0 Å². The van der Waals surface area contributed by atoms with Gasteiger partial charge in [0.2, 0.25) is 0 Å². The fourth-order valence-electron chi connectivity index (χ4n) is 7.18. The molecule has 46 heavy (non-hydrogen) atoms. The summed E-state index contributed by atoms with van der Waals surface area (Å²) in [6, 6.07) is 52.0. The molecule has 4 heteroatoms. The fraction of sp³-hybridized carbons (Fsp3) is 0.0476. The maximum atomic E-state index is 12.9. The van der Waals surface area contributed by atoms with Crippen molar-refractivity contribution in [2.75, 3.05) is 0 Å². The van der Waals surface area contributed by atoms with E-state index in [1.54, 1.807) is 0 Å². The number of halogens is 2. The molecule has 0 bridgehead atoms. The minimum absolute atomic E-state index is 0.779. The first-order chi connectivity index (χ1) is 22.4. The van der Waals surface area contributed by atoms with E-state index in [1.165, 1.54) is 0 Å². The Morgan fingerprint density at radius 2 is 0.609 bits per heavy atom. The maximum absolute atomic E-state index is 12.9. The van der Waals surface area contributed by atoms with Crippen molar-refractivity contribution in [1.82, 2.24) is 0 Å². The number of hydrogen-bond acceptors (Lipinski definition) is 2. The predicted octanol–water partition coefficient (Wildman–Crippen LogP) is 10.7. The van der Waals surface area contributed by atoms with Gasteiger partial charge in [-0.2, -0.15) is 0 Å². The molecular weight excluding hydrogens is 696 g/mol. The van der Waals surface area contributed by atoms with Crippen LogP contribution in [0.2, 0.25) is 0 Å². The van der Waals surface area contributed by atoms with Gasteiger partial charge < -0.3 is 10.2 Å². The lowest BCUT2D eigenvalue weighted by Gasteiger charge is -2.34. The van der Waals surface area contributed by atoms with Crippen molar-refractivity contribution in [2.24, 2.45) is 0 Å². The zero-order valence-corrected chi connectivity index (χ0v) is 27.8. The first kappa shape index (κ1) is 29.1. The quantitative estimate of drug-likeness (QED) is 0.132. The van der Waals surface area contributed by atoms with Crippen LogP contribution in [0.4, 0.5) is 0 Å². The second kappa shape index (κ2) is 11.2. The summed E-state index contributed by atoms with van der Waals surface area (Å²) < 4.78 is 1.77. The molecule has 0 aromatic heterocycles. The van der Waals surface area contributed by atoms with Gasteiger partial charge in [-0.1, -0.05) is 177 Å². The van der Waals surface area contributed by atoms with Gasteiger partial charge in [0, 0.05) is 20.1 Å². The normalized spacial score (nSPS) is 12.3. The largest absolute Gasteiger partial charge is 0.376 e. The third-order valence-electron chi connectivity index (χ3n) is 9.34. The van der Waals surface area contributed by atoms with E-state index in [4.69, 9.17) is 0 Å². The van der Waals surface area contributed by atoms with Crippen molar-refractivity contribution in [3.05, 3.63) is 200 Å². The monoisotopic (exact) mass is 722 g/mol. The van der Waals surface area contributed by atoms with Crippen LogP contribution >= 0.6 is 31.9 Å². The van der Waals surface area contributed by atoms with Crippen molar-refractivity contribution in [3.63, 3.8) is 0 Å². The molecule has 0 fully saturated rings. The summed E-state index contributed by atoms with van der Waals surface area (Å²) in [7, 11) is 0. The summed E-state index contributed by atoms with van der Waals surface area (Å²) in [5, 5.41) is 31.9. The van der Waals surface area contributed by atoms with Gasteiger partial charge in [0.25, 0.3) is 0 Å². The lowest BCUT2D eigenvalue weighted by molar-refractivity contribution is 0.127. The second-order valence-corrected chi connectivity index (χ2v) is 13.5. The van der Waals surface area contributed by atoms with Crippen LogP contribution in [-0.4, -0.2) is 10.2 Å². The lowest BCUT2D eigenvalue weighted by atomic mass is 9.75. The van der Waals surface area contributed by atoms with Crippen LogP contribution in [0.1, 0.15) is 33.4 Å². The zero-order valence-electron chi connectivity index (χ0n) is 24.7. The van der Waals surface area contributed by atoms with Gasteiger partial charge in [-0.15, -0.1) is 0 Å². The van der Waals surface area contributed by atoms with Crippen LogP contribution in [0, 0.1) is 0 Å². The molecule has 2 nitrogen and oxygen atoms in total. The molecule has 0 spiro atoms. The number of aliphatic hydroxyl groups is 2. The van der Waals surface area contributed by atoms with Gasteiger partial charge in [-0.3, -0.25) is 0 Å². The average Bonchev–Trinajstić information content (AvgIpc) is 3.12. The molecule has 8 rings (SSSR count). The molecule has 0 amide bonds. The maximum Gasteiger partial charge on any atom is 0.141 e. The smallest absolute Gasteiger partial charge is 0.141 e. The molecular formula is C42H28Br2O2. The van der Waals surface area contributed by atoms with Gasteiger partial charge in [-0.25, -0.2) is 0 Å². The molecule has 0 aliphatic carbocycles. The highest BCUT2D eigenvalue weighted by Gasteiger charge is 2.38. The molecule has 0 saturated heterocycles. The van der Waals surface area contributed by atoms with Crippen LogP contribution in [0.5, 0.6) is 0 Å². The molecule has 8 aromatic carbocycles. The van der Waals surface area contributed by atoms with Crippen LogP contribution in [0.3, 0.4) is 0 Å². The topological polar surface area (TPSA) is 40.5 Å². The van der Waals surface area contributed by atoms with E-state index < -0.39 is 11.2 Å². The van der Waals surface area contributed by atoms with E-state index in [-0.39, 0.29) is 0 Å². The highest BCUT2D eigenvalue weighted by Crippen LogP contribution is 2.50. The first-order valence-electron chi connectivity index (χ1n) is 15.2. The van der Waals surface area contributed by atoms with E-state index in [0.29, 0.717) is 0 Å². The molecule has 8 aromatic rings. The summed E-state index contributed by atoms with van der Waals surface area (Å²) in [5.74, 6) is 0. The van der Waals surface area contributed by atoms with Crippen LogP contribution in [0.25, 0.3) is 32.3 Å². The fourth-order valence-corrected chi connectivity index (χ4v) is 8.30. The third kappa shape index (κ3) is 4.29. The highest BCUT2D eigenvalue weighted by molar-refractivity contribution is 9.11. The van der Waals surface area contributed by atoms with Crippen molar-refractivity contribution in [2.45, 2.75) is 11.2 Å². The Bertz CT molecular complexity index is 2090. The van der Waals surface area contributed by atoms with Crippen molar-refractivity contribution >= 4 is 64.2 Å². The van der Waals surface area contributed by atoms with Gasteiger partial charge in [0.05, 0.1) is 0 Å². The minimum Gasteiger partial charge on any atom is -0.376 e. The predicted molar refractivity (Wildman–Crippen MR) is 196 cm³/mol. The summed E-state index contributed by atoms with van der Waals surface area (Å²) in [6.45, 7) is 0. The second-order valence-electron chi connectivity index (χ2n) is 11.8. The molecule has 2 N–H and O–H groups in total.